The Balaban J connectivity index is 1.99. The molecule has 0 saturated carbocycles. The molecule has 1 atom stereocenters. The minimum atomic E-state index is 0.458. The van der Waals surface area contributed by atoms with Gasteiger partial charge in [0.15, 0.2) is 5.13 Å². The summed E-state index contributed by atoms with van der Waals surface area (Å²) in [6.45, 7) is 2.08. The van der Waals surface area contributed by atoms with Gasteiger partial charge in [0.05, 0.1) is 12.8 Å². The molecule has 0 fully saturated rings. The number of hydrogen-bond acceptors (Lipinski definition) is 4. The van der Waals surface area contributed by atoms with Crippen LogP contribution in [0.25, 0.3) is 0 Å². The van der Waals surface area contributed by atoms with Gasteiger partial charge in [-0.25, -0.2) is 4.98 Å². The van der Waals surface area contributed by atoms with Crippen molar-refractivity contribution >= 4 is 16.5 Å². The molecule has 1 aliphatic carbocycles. The van der Waals surface area contributed by atoms with Crippen LogP contribution in [0.3, 0.4) is 0 Å². The highest BCUT2D eigenvalue weighted by atomic mass is 32.1. The van der Waals surface area contributed by atoms with Crippen molar-refractivity contribution in [1.29, 1.82) is 0 Å². The van der Waals surface area contributed by atoms with Crippen molar-refractivity contribution in [3.8, 4) is 5.75 Å². The molecule has 3 rings (SSSR count). The van der Waals surface area contributed by atoms with E-state index in [1.165, 1.54) is 21.7 Å². The molecule has 2 N–H and O–H groups in total. The van der Waals surface area contributed by atoms with E-state index in [9.17, 15) is 0 Å². The van der Waals surface area contributed by atoms with Crippen LogP contribution in [0.1, 0.15) is 34.0 Å². The van der Waals surface area contributed by atoms with Crippen LogP contribution in [0.4, 0.5) is 5.13 Å². The number of rotatable bonds is 2. The fourth-order valence-corrected chi connectivity index (χ4v) is 3.73. The maximum Gasteiger partial charge on any atom is 0.180 e. The van der Waals surface area contributed by atoms with Gasteiger partial charge in [-0.15, -0.1) is 11.3 Å². The summed E-state index contributed by atoms with van der Waals surface area (Å²) < 4.78 is 5.31. The number of methoxy groups -OCH3 is 1. The van der Waals surface area contributed by atoms with Crippen molar-refractivity contribution in [3.05, 3.63) is 39.9 Å². The Labute approximate surface area is 111 Å². The molecule has 4 heteroatoms. The molecule has 1 aliphatic rings. The molecule has 1 aromatic carbocycles. The van der Waals surface area contributed by atoms with E-state index in [4.69, 9.17) is 10.5 Å². The number of nitrogen functional groups attached to an aromatic ring is 1. The lowest BCUT2D eigenvalue weighted by Gasteiger charge is -2.12. The van der Waals surface area contributed by atoms with Crippen molar-refractivity contribution in [2.24, 2.45) is 0 Å². The first-order chi connectivity index (χ1) is 8.69. The van der Waals surface area contributed by atoms with E-state index in [2.05, 4.69) is 24.0 Å². The lowest BCUT2D eigenvalue weighted by atomic mass is 9.96. The van der Waals surface area contributed by atoms with Crippen LogP contribution >= 0.6 is 11.3 Å². The zero-order chi connectivity index (χ0) is 12.7. The van der Waals surface area contributed by atoms with E-state index in [1.807, 2.05) is 6.07 Å². The number of nitrogens with zero attached hydrogens (tertiary/aromatic N) is 1. The fraction of sp³-hybridized carbons (Fsp3) is 0.357. The lowest BCUT2D eigenvalue weighted by Crippen LogP contribution is -1.96. The van der Waals surface area contributed by atoms with Crippen LogP contribution in [-0.4, -0.2) is 12.1 Å². The number of nitrogens with two attached hydrogens (primary N) is 1. The third kappa shape index (κ3) is 1.77. The number of anilines is 1. The molecule has 1 heterocycles. The van der Waals surface area contributed by atoms with Gasteiger partial charge in [0.1, 0.15) is 5.75 Å². The summed E-state index contributed by atoms with van der Waals surface area (Å²) in [6.07, 6.45) is 2.18. The molecule has 0 bridgehead atoms. The Bertz CT molecular complexity index is 591. The van der Waals surface area contributed by atoms with Crippen LogP contribution in [0.5, 0.6) is 5.75 Å². The third-order valence-corrected chi connectivity index (χ3v) is 4.59. The van der Waals surface area contributed by atoms with Crippen LogP contribution in [-0.2, 0) is 6.42 Å². The highest BCUT2D eigenvalue weighted by Crippen LogP contribution is 2.42. The largest absolute Gasteiger partial charge is 0.496 e. The van der Waals surface area contributed by atoms with E-state index in [1.54, 1.807) is 18.4 Å². The van der Waals surface area contributed by atoms with E-state index in [0.29, 0.717) is 11.0 Å². The highest BCUT2D eigenvalue weighted by Gasteiger charge is 2.28. The summed E-state index contributed by atoms with van der Waals surface area (Å²) in [5.41, 5.74) is 9.51. The Morgan fingerprint density at radius 1 is 1.44 bits per heavy atom. The summed E-state index contributed by atoms with van der Waals surface area (Å²) >= 11 is 1.63. The van der Waals surface area contributed by atoms with Crippen molar-refractivity contribution in [2.45, 2.75) is 25.7 Å². The Hall–Kier alpha value is -1.55. The van der Waals surface area contributed by atoms with Crippen molar-refractivity contribution in [1.82, 2.24) is 4.98 Å². The monoisotopic (exact) mass is 260 g/mol. The second-order valence-electron chi connectivity index (χ2n) is 4.68. The average Bonchev–Trinajstić information content (AvgIpc) is 2.87. The second kappa shape index (κ2) is 4.28. The smallest absolute Gasteiger partial charge is 0.180 e. The van der Waals surface area contributed by atoms with Gasteiger partial charge in [-0.2, -0.15) is 0 Å². The quantitative estimate of drug-likeness (QED) is 0.902. The predicted octanol–water partition coefficient (Wildman–Crippen LogP) is 3.12. The molecule has 0 amide bonds. The number of fused-ring (bicyclic) bond motifs is 1. The molecule has 0 radical (unpaired) electrons. The van der Waals surface area contributed by atoms with Gasteiger partial charge in [-0.1, -0.05) is 12.1 Å². The number of aromatic nitrogens is 1. The van der Waals surface area contributed by atoms with Crippen molar-refractivity contribution < 1.29 is 4.74 Å². The molecule has 18 heavy (non-hydrogen) atoms. The second-order valence-corrected chi connectivity index (χ2v) is 5.75. The summed E-state index contributed by atoms with van der Waals surface area (Å²) in [4.78, 5) is 5.74. The highest BCUT2D eigenvalue weighted by molar-refractivity contribution is 7.15. The first-order valence-corrected chi connectivity index (χ1v) is 6.90. The predicted molar refractivity (Wildman–Crippen MR) is 74.4 cm³/mol. The van der Waals surface area contributed by atoms with Crippen molar-refractivity contribution in [2.75, 3.05) is 12.8 Å². The Kier molecular flexibility index (Phi) is 2.74. The number of ether oxygens (including phenoxy) is 1. The van der Waals surface area contributed by atoms with Gasteiger partial charge in [-0.05, 0) is 37.0 Å². The maximum atomic E-state index is 5.79. The molecule has 1 unspecified atom stereocenters. The van der Waals surface area contributed by atoms with Crippen molar-refractivity contribution in [3.63, 3.8) is 0 Å². The number of hydrogen-bond donors (Lipinski definition) is 1. The van der Waals surface area contributed by atoms with Gasteiger partial charge >= 0.3 is 0 Å². The van der Waals surface area contributed by atoms with Gasteiger partial charge in [-0.3, -0.25) is 0 Å². The minimum absolute atomic E-state index is 0.458. The van der Waals surface area contributed by atoms with Gasteiger partial charge < -0.3 is 10.5 Å². The van der Waals surface area contributed by atoms with E-state index < -0.39 is 0 Å². The van der Waals surface area contributed by atoms with Crippen LogP contribution in [0.15, 0.2) is 18.2 Å². The SMILES string of the molecule is COc1ccc(C2CCc3nc(N)sc32)cc1C. The molecule has 94 valence electrons. The van der Waals surface area contributed by atoms with Crippen LogP contribution < -0.4 is 10.5 Å². The summed E-state index contributed by atoms with van der Waals surface area (Å²) in [5, 5.41) is 0.690. The number of thiazole rings is 1. The molecule has 0 aliphatic heterocycles. The van der Waals surface area contributed by atoms with Gasteiger partial charge in [0.2, 0.25) is 0 Å². The molecule has 2 aromatic rings. The Morgan fingerprint density at radius 3 is 3.00 bits per heavy atom. The first kappa shape index (κ1) is 11.5. The van der Waals surface area contributed by atoms with Gasteiger partial charge in [0.25, 0.3) is 0 Å². The Morgan fingerprint density at radius 2 is 2.28 bits per heavy atom. The molecule has 1 aromatic heterocycles. The summed E-state index contributed by atoms with van der Waals surface area (Å²) in [7, 11) is 1.71. The summed E-state index contributed by atoms with van der Waals surface area (Å²) in [6, 6.07) is 6.42. The number of benzene rings is 1. The van der Waals surface area contributed by atoms with Crippen LogP contribution in [0, 0.1) is 6.92 Å². The molecule has 0 saturated heterocycles. The van der Waals surface area contributed by atoms with E-state index in [-0.39, 0.29) is 0 Å². The van der Waals surface area contributed by atoms with Gasteiger partial charge in [0, 0.05) is 10.8 Å². The van der Waals surface area contributed by atoms with E-state index >= 15 is 0 Å². The molecular formula is C14H16N2OS. The summed E-state index contributed by atoms with van der Waals surface area (Å²) in [5.74, 6) is 1.40. The average molecular weight is 260 g/mol. The fourth-order valence-electron chi connectivity index (χ4n) is 2.68. The molecule has 3 nitrogen and oxygen atoms in total. The maximum absolute atomic E-state index is 5.79. The molecular weight excluding hydrogens is 244 g/mol. The normalized spacial score (nSPS) is 17.8. The number of aryl methyl sites for hydroxylation is 2. The zero-order valence-electron chi connectivity index (χ0n) is 10.6. The minimum Gasteiger partial charge on any atom is -0.496 e. The first-order valence-electron chi connectivity index (χ1n) is 6.08. The third-order valence-electron chi connectivity index (χ3n) is 3.55. The standard InChI is InChI=1S/C14H16N2OS/c1-8-7-9(3-6-12(8)17-2)10-4-5-11-13(10)18-14(15)16-11/h3,6-7,10H,4-5H2,1-2H3,(H2,15,16). The van der Waals surface area contributed by atoms with E-state index in [0.717, 1.165) is 18.6 Å². The lowest BCUT2D eigenvalue weighted by molar-refractivity contribution is 0.411. The molecule has 0 spiro atoms. The van der Waals surface area contributed by atoms with Crippen LogP contribution in [0.2, 0.25) is 0 Å². The topological polar surface area (TPSA) is 48.1 Å². The zero-order valence-corrected chi connectivity index (χ0v) is 11.4.